The first-order chi connectivity index (χ1) is 9.51. The summed E-state index contributed by atoms with van der Waals surface area (Å²) in [6, 6.07) is 7.11. The zero-order valence-electron chi connectivity index (χ0n) is 11.2. The highest BCUT2D eigenvalue weighted by Gasteiger charge is 2.14. The number of hydrazine groups is 1. The monoisotopic (exact) mass is 294 g/mol. The van der Waals surface area contributed by atoms with E-state index in [0.29, 0.717) is 27.9 Å². The maximum absolute atomic E-state index is 11.5. The average molecular weight is 295 g/mol. The van der Waals surface area contributed by atoms with Gasteiger partial charge in [0.05, 0.1) is 10.6 Å². The topological polar surface area (TPSA) is 77.5 Å². The van der Waals surface area contributed by atoms with Crippen LogP contribution in [0.4, 0.5) is 0 Å². The van der Waals surface area contributed by atoms with Gasteiger partial charge in [0, 0.05) is 0 Å². The highest BCUT2D eigenvalue weighted by molar-refractivity contribution is 6.32. The van der Waals surface area contributed by atoms with Crippen molar-refractivity contribution < 1.29 is 13.9 Å². The van der Waals surface area contributed by atoms with Crippen LogP contribution in [-0.2, 0) is 6.61 Å². The Balaban J connectivity index is 2.09. The minimum atomic E-state index is -0.397. The summed E-state index contributed by atoms with van der Waals surface area (Å²) < 4.78 is 11.0. The van der Waals surface area contributed by atoms with Gasteiger partial charge in [-0.15, -0.1) is 0 Å². The zero-order chi connectivity index (χ0) is 14.7. The Labute approximate surface area is 121 Å². The smallest absolute Gasteiger partial charge is 0.268 e. The van der Waals surface area contributed by atoms with Crippen molar-refractivity contribution >= 4 is 17.5 Å². The van der Waals surface area contributed by atoms with Crippen LogP contribution in [-0.4, -0.2) is 5.91 Å². The Bertz CT molecular complexity index is 637. The number of hydrogen-bond acceptors (Lipinski definition) is 4. The van der Waals surface area contributed by atoms with Gasteiger partial charge in [0.15, 0.2) is 0 Å². The van der Waals surface area contributed by atoms with E-state index in [1.165, 1.54) is 0 Å². The molecule has 5 nitrogen and oxygen atoms in total. The Morgan fingerprint density at radius 3 is 2.80 bits per heavy atom. The molecule has 3 N–H and O–H groups in total. The highest BCUT2D eigenvalue weighted by Crippen LogP contribution is 2.26. The molecule has 0 aliphatic heterocycles. The van der Waals surface area contributed by atoms with Crippen molar-refractivity contribution in [1.29, 1.82) is 0 Å². The number of nitrogen functional groups attached to an aromatic ring is 1. The molecule has 2 rings (SSSR count). The molecule has 0 aliphatic carbocycles. The minimum absolute atomic E-state index is 0.182. The van der Waals surface area contributed by atoms with Crippen molar-refractivity contribution in [2.75, 3.05) is 0 Å². The third kappa shape index (κ3) is 3.12. The number of carbonyl (C=O) groups excluding carboxylic acids is 1. The van der Waals surface area contributed by atoms with E-state index in [2.05, 4.69) is 5.43 Å². The third-order valence-electron chi connectivity index (χ3n) is 2.80. The van der Waals surface area contributed by atoms with E-state index in [9.17, 15) is 4.79 Å². The first-order valence-corrected chi connectivity index (χ1v) is 6.38. The van der Waals surface area contributed by atoms with Gasteiger partial charge in [-0.25, -0.2) is 5.84 Å². The number of aryl methyl sites for hydroxylation is 2. The van der Waals surface area contributed by atoms with Gasteiger partial charge < -0.3 is 9.15 Å². The van der Waals surface area contributed by atoms with E-state index in [1.54, 1.807) is 19.1 Å². The number of hydrogen-bond donors (Lipinski definition) is 2. The molecule has 0 fully saturated rings. The van der Waals surface area contributed by atoms with Crippen LogP contribution in [0.1, 0.15) is 27.4 Å². The largest absolute Gasteiger partial charge is 0.484 e. The fraction of sp³-hybridized carbons (Fsp3) is 0.214. The minimum Gasteiger partial charge on any atom is -0.484 e. The van der Waals surface area contributed by atoms with Crippen molar-refractivity contribution in [1.82, 2.24) is 5.43 Å². The van der Waals surface area contributed by atoms with Gasteiger partial charge in [0.25, 0.3) is 5.91 Å². The van der Waals surface area contributed by atoms with Crippen LogP contribution in [0.5, 0.6) is 5.75 Å². The predicted molar refractivity (Wildman–Crippen MR) is 75.6 cm³/mol. The molecule has 1 amide bonds. The molecular formula is C14H15ClN2O3. The number of furan rings is 1. The van der Waals surface area contributed by atoms with Crippen LogP contribution in [0.3, 0.4) is 0 Å². The average Bonchev–Trinajstić information content (AvgIpc) is 2.78. The Morgan fingerprint density at radius 1 is 1.40 bits per heavy atom. The fourth-order valence-electron chi connectivity index (χ4n) is 1.79. The summed E-state index contributed by atoms with van der Waals surface area (Å²) >= 11 is 6.07. The lowest BCUT2D eigenvalue weighted by Gasteiger charge is -2.06. The van der Waals surface area contributed by atoms with E-state index >= 15 is 0 Å². The summed E-state index contributed by atoms with van der Waals surface area (Å²) in [5.41, 5.74) is 3.51. The molecule has 0 atom stereocenters. The Morgan fingerprint density at radius 2 is 2.15 bits per heavy atom. The van der Waals surface area contributed by atoms with Crippen LogP contribution in [0.15, 0.2) is 28.7 Å². The van der Waals surface area contributed by atoms with Gasteiger partial charge in [-0.2, -0.15) is 0 Å². The van der Waals surface area contributed by atoms with Crippen molar-refractivity contribution in [2.45, 2.75) is 20.5 Å². The molecule has 0 unspecified atom stereocenters. The van der Waals surface area contributed by atoms with Crippen molar-refractivity contribution in [3.63, 3.8) is 0 Å². The quantitative estimate of drug-likeness (QED) is 0.516. The second kappa shape index (κ2) is 5.98. The number of amides is 1. The van der Waals surface area contributed by atoms with Crippen molar-refractivity contribution in [2.24, 2.45) is 5.84 Å². The summed E-state index contributed by atoms with van der Waals surface area (Å²) in [5.74, 6) is 6.27. The molecule has 1 aromatic heterocycles. The summed E-state index contributed by atoms with van der Waals surface area (Å²) in [4.78, 5) is 11.5. The fourth-order valence-corrected chi connectivity index (χ4v) is 2.08. The number of ether oxygens (including phenoxy) is 1. The summed E-state index contributed by atoms with van der Waals surface area (Å²) in [6.07, 6.45) is 0. The van der Waals surface area contributed by atoms with Crippen LogP contribution in [0.25, 0.3) is 0 Å². The molecule has 20 heavy (non-hydrogen) atoms. The third-order valence-corrected chi connectivity index (χ3v) is 3.10. The molecule has 6 heteroatoms. The van der Waals surface area contributed by atoms with Crippen LogP contribution in [0.2, 0.25) is 5.02 Å². The normalized spacial score (nSPS) is 10.4. The molecule has 0 radical (unpaired) electrons. The van der Waals surface area contributed by atoms with E-state index in [1.807, 2.05) is 19.1 Å². The van der Waals surface area contributed by atoms with E-state index in [-0.39, 0.29) is 6.61 Å². The molecule has 0 saturated heterocycles. The number of nitrogens with two attached hydrogens (primary N) is 1. The van der Waals surface area contributed by atoms with E-state index < -0.39 is 5.91 Å². The van der Waals surface area contributed by atoms with Gasteiger partial charge in [-0.1, -0.05) is 17.7 Å². The summed E-state index contributed by atoms with van der Waals surface area (Å²) in [7, 11) is 0. The van der Waals surface area contributed by atoms with E-state index in [4.69, 9.17) is 26.6 Å². The first-order valence-electron chi connectivity index (χ1n) is 6.00. The molecule has 0 bridgehead atoms. The first kappa shape index (κ1) is 14.4. The van der Waals surface area contributed by atoms with Crippen LogP contribution >= 0.6 is 11.6 Å². The lowest BCUT2D eigenvalue weighted by molar-refractivity contribution is 0.0952. The number of benzene rings is 1. The molecule has 1 aromatic carbocycles. The van der Waals surface area contributed by atoms with Crippen LogP contribution < -0.4 is 16.0 Å². The maximum atomic E-state index is 11.5. The van der Waals surface area contributed by atoms with E-state index in [0.717, 1.165) is 5.56 Å². The lowest BCUT2D eigenvalue weighted by atomic mass is 10.2. The molecular weight excluding hydrogens is 280 g/mol. The van der Waals surface area contributed by atoms with Gasteiger partial charge in [-0.3, -0.25) is 10.2 Å². The molecule has 1 heterocycles. The van der Waals surface area contributed by atoms with Gasteiger partial charge in [0.1, 0.15) is 23.9 Å². The zero-order valence-corrected chi connectivity index (χ0v) is 12.0. The molecule has 0 aliphatic rings. The van der Waals surface area contributed by atoms with Crippen molar-refractivity contribution in [3.8, 4) is 5.75 Å². The maximum Gasteiger partial charge on any atom is 0.268 e. The van der Waals surface area contributed by atoms with Crippen LogP contribution in [0, 0.1) is 13.8 Å². The molecule has 0 spiro atoms. The molecule has 106 valence electrons. The lowest BCUT2D eigenvalue weighted by Crippen LogP contribution is -2.30. The summed E-state index contributed by atoms with van der Waals surface area (Å²) in [5, 5.41) is 0.535. The standard InChI is InChI=1S/C14H15ClN2O3/c1-8-3-4-13(12(15)5-8)19-7-10-6-11(9(2)20-10)14(18)17-16/h3-6H,7,16H2,1-2H3,(H,17,18). The van der Waals surface area contributed by atoms with Gasteiger partial charge in [0.2, 0.25) is 0 Å². The Kier molecular flexibility index (Phi) is 4.32. The second-order valence-electron chi connectivity index (χ2n) is 4.38. The molecule has 0 saturated carbocycles. The molecule has 2 aromatic rings. The second-order valence-corrected chi connectivity index (χ2v) is 4.79. The number of nitrogens with one attached hydrogen (secondary N) is 1. The predicted octanol–water partition coefficient (Wildman–Crippen LogP) is 2.73. The SMILES string of the molecule is Cc1ccc(OCc2cc(C(=O)NN)c(C)o2)c(Cl)c1. The summed E-state index contributed by atoms with van der Waals surface area (Å²) in [6.45, 7) is 3.82. The van der Waals surface area contributed by atoms with Gasteiger partial charge in [-0.05, 0) is 37.6 Å². The number of carbonyl (C=O) groups is 1. The highest BCUT2D eigenvalue weighted by atomic mass is 35.5. The van der Waals surface area contributed by atoms with Gasteiger partial charge >= 0.3 is 0 Å². The van der Waals surface area contributed by atoms with Crippen molar-refractivity contribution in [3.05, 3.63) is 51.9 Å². The Hall–Kier alpha value is -1.98. The number of halogens is 1. The number of rotatable bonds is 4.